The highest BCUT2D eigenvalue weighted by Gasteiger charge is 2.07. The van der Waals surface area contributed by atoms with Gasteiger partial charge in [-0.05, 0) is 18.9 Å². The fourth-order valence-electron chi connectivity index (χ4n) is 1.64. The summed E-state index contributed by atoms with van der Waals surface area (Å²) in [4.78, 5) is 5.14. The van der Waals surface area contributed by atoms with Crippen molar-refractivity contribution in [1.82, 2.24) is 4.98 Å². The number of benzene rings is 1. The summed E-state index contributed by atoms with van der Waals surface area (Å²) in [6.45, 7) is 2.07. The lowest BCUT2D eigenvalue weighted by Crippen LogP contribution is -2.13. The Morgan fingerprint density at radius 3 is 2.62 bits per heavy atom. The van der Waals surface area contributed by atoms with Crippen molar-refractivity contribution in [3.05, 3.63) is 52.0 Å². The zero-order valence-electron chi connectivity index (χ0n) is 9.26. The van der Waals surface area contributed by atoms with Crippen LogP contribution in [0, 0.1) is 6.92 Å². The van der Waals surface area contributed by atoms with Crippen molar-refractivity contribution in [3.63, 3.8) is 0 Å². The molecule has 2 nitrogen and oxygen atoms in total. The highest BCUT2D eigenvalue weighted by atomic mass is 32.1. The molecule has 1 aromatic carbocycles. The number of hydrogen-bond acceptors (Lipinski definition) is 3. The van der Waals surface area contributed by atoms with Crippen molar-refractivity contribution < 1.29 is 5.11 Å². The predicted octanol–water partition coefficient (Wildman–Crippen LogP) is 2.60. The van der Waals surface area contributed by atoms with Crippen molar-refractivity contribution in [3.8, 4) is 0 Å². The molecule has 0 aliphatic carbocycles. The van der Waals surface area contributed by atoms with Gasteiger partial charge in [-0.1, -0.05) is 29.8 Å². The van der Waals surface area contributed by atoms with Crippen LogP contribution in [0.1, 0.15) is 16.0 Å². The minimum absolute atomic E-state index is 0.317. The van der Waals surface area contributed by atoms with E-state index >= 15 is 0 Å². The van der Waals surface area contributed by atoms with E-state index in [0.717, 1.165) is 4.88 Å². The van der Waals surface area contributed by atoms with Gasteiger partial charge < -0.3 is 5.11 Å². The van der Waals surface area contributed by atoms with Gasteiger partial charge >= 0.3 is 0 Å². The summed E-state index contributed by atoms with van der Waals surface area (Å²) in [5.74, 6) is 0. The Bertz CT molecular complexity index is 422. The quantitative estimate of drug-likeness (QED) is 0.880. The zero-order valence-corrected chi connectivity index (χ0v) is 10.1. The van der Waals surface area contributed by atoms with Crippen molar-refractivity contribution in [2.24, 2.45) is 0 Å². The van der Waals surface area contributed by atoms with Crippen LogP contribution in [0.25, 0.3) is 0 Å². The summed E-state index contributed by atoms with van der Waals surface area (Å²) in [5, 5.41) is 9.92. The van der Waals surface area contributed by atoms with E-state index < -0.39 is 0 Å². The van der Waals surface area contributed by atoms with E-state index in [-0.39, 0.29) is 6.10 Å². The molecule has 0 spiro atoms. The molecule has 1 atom stereocenters. The number of aliphatic hydroxyl groups is 1. The number of aromatic nitrogens is 1. The third kappa shape index (κ3) is 3.15. The Morgan fingerprint density at radius 2 is 2.00 bits per heavy atom. The van der Waals surface area contributed by atoms with Gasteiger partial charge in [0.2, 0.25) is 0 Å². The Kier molecular flexibility index (Phi) is 3.70. The summed E-state index contributed by atoms with van der Waals surface area (Å²) < 4.78 is 0. The van der Waals surface area contributed by atoms with Crippen LogP contribution in [0.15, 0.2) is 36.0 Å². The molecule has 3 heteroatoms. The molecule has 0 aliphatic heterocycles. The van der Waals surface area contributed by atoms with E-state index in [1.807, 2.05) is 6.20 Å². The average molecular weight is 233 g/mol. The molecule has 0 aliphatic rings. The highest BCUT2D eigenvalue weighted by Crippen LogP contribution is 2.12. The first-order chi connectivity index (χ1) is 7.74. The monoisotopic (exact) mass is 233 g/mol. The summed E-state index contributed by atoms with van der Waals surface area (Å²) >= 11 is 1.59. The third-order valence-electron chi connectivity index (χ3n) is 2.51. The van der Waals surface area contributed by atoms with E-state index in [9.17, 15) is 5.11 Å². The van der Waals surface area contributed by atoms with Crippen LogP contribution in [0.4, 0.5) is 0 Å². The summed E-state index contributed by atoms with van der Waals surface area (Å²) in [7, 11) is 0. The van der Waals surface area contributed by atoms with Gasteiger partial charge in [0.1, 0.15) is 0 Å². The molecule has 2 aromatic rings. The van der Waals surface area contributed by atoms with E-state index in [2.05, 4.69) is 36.2 Å². The third-order valence-corrected chi connectivity index (χ3v) is 3.31. The number of nitrogens with zero attached hydrogens (tertiary/aromatic N) is 1. The van der Waals surface area contributed by atoms with E-state index in [1.165, 1.54) is 11.1 Å². The highest BCUT2D eigenvalue weighted by molar-refractivity contribution is 7.09. The number of aliphatic hydroxyl groups excluding tert-OH is 1. The molecule has 1 N–H and O–H groups in total. The van der Waals surface area contributed by atoms with Gasteiger partial charge in [-0.2, -0.15) is 0 Å². The van der Waals surface area contributed by atoms with Crippen molar-refractivity contribution in [1.29, 1.82) is 0 Å². The Balaban J connectivity index is 1.92. The largest absolute Gasteiger partial charge is 0.392 e. The van der Waals surface area contributed by atoms with E-state index in [0.29, 0.717) is 12.8 Å². The van der Waals surface area contributed by atoms with Crippen LogP contribution >= 0.6 is 11.3 Å². The van der Waals surface area contributed by atoms with Gasteiger partial charge in [-0.15, -0.1) is 11.3 Å². The summed E-state index contributed by atoms with van der Waals surface area (Å²) in [5.41, 5.74) is 4.23. The second-order valence-corrected chi connectivity index (χ2v) is 4.99. The molecule has 0 saturated carbocycles. The minimum Gasteiger partial charge on any atom is -0.392 e. The van der Waals surface area contributed by atoms with E-state index in [4.69, 9.17) is 0 Å². The van der Waals surface area contributed by atoms with Crippen LogP contribution in [0.5, 0.6) is 0 Å². The van der Waals surface area contributed by atoms with Crippen molar-refractivity contribution in [2.75, 3.05) is 0 Å². The lowest BCUT2D eigenvalue weighted by molar-refractivity contribution is 0.176. The molecule has 1 unspecified atom stereocenters. The first-order valence-corrected chi connectivity index (χ1v) is 6.23. The lowest BCUT2D eigenvalue weighted by atomic mass is 10.0. The standard InChI is InChI=1S/C13H15NOS/c1-10-2-4-11(5-3-10)6-12(15)7-13-8-14-9-16-13/h2-5,8-9,12,15H,6-7H2,1H3. The number of rotatable bonds is 4. The molecular weight excluding hydrogens is 218 g/mol. The van der Waals surface area contributed by atoms with Crippen LogP contribution in [0.3, 0.4) is 0 Å². The molecule has 0 amide bonds. The molecule has 0 fully saturated rings. The van der Waals surface area contributed by atoms with Crippen molar-refractivity contribution in [2.45, 2.75) is 25.9 Å². The van der Waals surface area contributed by atoms with Gasteiger partial charge in [-0.3, -0.25) is 4.98 Å². The molecule has 0 saturated heterocycles. The second-order valence-electron chi connectivity index (χ2n) is 4.02. The fourth-order valence-corrected chi connectivity index (χ4v) is 2.31. The normalized spacial score (nSPS) is 12.6. The number of thiazole rings is 1. The molecule has 1 heterocycles. The molecule has 0 bridgehead atoms. The van der Waals surface area contributed by atoms with Crippen LogP contribution in [0.2, 0.25) is 0 Å². The van der Waals surface area contributed by atoms with Crippen LogP contribution in [-0.2, 0) is 12.8 Å². The molecule has 84 valence electrons. The van der Waals surface area contributed by atoms with Gasteiger partial charge in [0.25, 0.3) is 0 Å². The smallest absolute Gasteiger partial charge is 0.0794 e. The van der Waals surface area contributed by atoms with Crippen molar-refractivity contribution >= 4 is 11.3 Å². The summed E-state index contributed by atoms with van der Waals surface area (Å²) in [6, 6.07) is 8.31. The first-order valence-electron chi connectivity index (χ1n) is 5.35. The zero-order chi connectivity index (χ0) is 11.4. The van der Waals surface area contributed by atoms with Gasteiger partial charge in [0.15, 0.2) is 0 Å². The maximum atomic E-state index is 9.92. The van der Waals surface area contributed by atoms with E-state index in [1.54, 1.807) is 16.8 Å². The molecule has 16 heavy (non-hydrogen) atoms. The molecule has 0 radical (unpaired) electrons. The number of aryl methyl sites for hydroxylation is 1. The molecule has 2 rings (SSSR count). The topological polar surface area (TPSA) is 33.1 Å². The minimum atomic E-state index is -0.317. The van der Waals surface area contributed by atoms with Gasteiger partial charge in [0.05, 0.1) is 11.6 Å². The Labute approximate surface area is 99.6 Å². The van der Waals surface area contributed by atoms with Gasteiger partial charge in [-0.25, -0.2) is 0 Å². The maximum absolute atomic E-state index is 9.92. The second kappa shape index (κ2) is 5.23. The van der Waals surface area contributed by atoms with Gasteiger partial charge in [0, 0.05) is 17.5 Å². The molecular formula is C13H15NOS. The molecule has 1 aromatic heterocycles. The lowest BCUT2D eigenvalue weighted by Gasteiger charge is -2.09. The van der Waals surface area contributed by atoms with Crippen LogP contribution in [-0.4, -0.2) is 16.2 Å². The Morgan fingerprint density at radius 1 is 1.25 bits per heavy atom. The maximum Gasteiger partial charge on any atom is 0.0794 e. The average Bonchev–Trinajstić information content (AvgIpc) is 2.74. The first kappa shape index (κ1) is 11.3. The Hall–Kier alpha value is -1.19. The summed E-state index contributed by atoms with van der Waals surface area (Å²) in [6.07, 6.45) is 2.91. The fraction of sp³-hybridized carbons (Fsp3) is 0.308. The number of hydrogen-bond donors (Lipinski definition) is 1. The predicted molar refractivity (Wildman–Crippen MR) is 66.7 cm³/mol. The SMILES string of the molecule is Cc1ccc(CC(O)Cc2cncs2)cc1. The van der Waals surface area contributed by atoms with Crippen LogP contribution < -0.4 is 0 Å².